The third-order valence-electron chi connectivity index (χ3n) is 3.07. The average molecular weight is 258 g/mol. The highest BCUT2D eigenvalue weighted by Gasteiger charge is 2.06. The fraction of sp³-hybridized carbons (Fsp3) is 0.375. The Kier molecular flexibility index (Phi) is 4.40. The van der Waals surface area contributed by atoms with E-state index in [1.807, 2.05) is 6.07 Å². The molecular formula is C16H22N2O. The molecule has 3 heteroatoms. The summed E-state index contributed by atoms with van der Waals surface area (Å²) in [6.45, 7) is 3.57. The monoisotopic (exact) mass is 258 g/mol. The van der Waals surface area contributed by atoms with Gasteiger partial charge in [-0.2, -0.15) is 0 Å². The molecule has 0 aliphatic carbocycles. The highest BCUT2D eigenvalue weighted by Crippen LogP contribution is 2.22. The maximum absolute atomic E-state index is 5.92. The van der Waals surface area contributed by atoms with Crippen molar-refractivity contribution in [1.29, 1.82) is 0 Å². The molecule has 19 heavy (non-hydrogen) atoms. The van der Waals surface area contributed by atoms with E-state index in [4.69, 9.17) is 10.5 Å². The molecule has 0 aliphatic rings. The van der Waals surface area contributed by atoms with Crippen molar-refractivity contribution >= 4 is 10.8 Å². The van der Waals surface area contributed by atoms with E-state index >= 15 is 0 Å². The molecule has 0 amide bonds. The SMILES string of the molecule is CC(CN(C)C)Oc1ccc2cc(CN)ccc2c1. The first-order chi connectivity index (χ1) is 9.08. The number of nitrogens with zero attached hydrogens (tertiary/aromatic N) is 1. The lowest BCUT2D eigenvalue weighted by Gasteiger charge is -2.19. The third kappa shape index (κ3) is 3.69. The first-order valence-corrected chi connectivity index (χ1v) is 6.62. The van der Waals surface area contributed by atoms with Crippen LogP contribution in [0.4, 0.5) is 0 Å². The minimum Gasteiger partial charge on any atom is -0.489 e. The zero-order valence-corrected chi connectivity index (χ0v) is 11.9. The Balaban J connectivity index is 2.17. The molecule has 0 radical (unpaired) electrons. The van der Waals surface area contributed by atoms with E-state index in [0.717, 1.165) is 17.9 Å². The number of hydrogen-bond acceptors (Lipinski definition) is 3. The molecule has 0 aliphatic heterocycles. The van der Waals surface area contributed by atoms with Crippen LogP contribution < -0.4 is 10.5 Å². The average Bonchev–Trinajstić information content (AvgIpc) is 2.37. The summed E-state index contributed by atoms with van der Waals surface area (Å²) in [7, 11) is 4.10. The summed E-state index contributed by atoms with van der Waals surface area (Å²) in [5.74, 6) is 0.919. The van der Waals surface area contributed by atoms with Crippen LogP contribution in [0, 0.1) is 0 Å². The van der Waals surface area contributed by atoms with Crippen LogP contribution in [0.3, 0.4) is 0 Å². The molecule has 1 unspecified atom stereocenters. The molecule has 2 aromatic carbocycles. The Morgan fingerprint density at radius 1 is 1.11 bits per heavy atom. The van der Waals surface area contributed by atoms with E-state index in [9.17, 15) is 0 Å². The van der Waals surface area contributed by atoms with Gasteiger partial charge in [-0.3, -0.25) is 0 Å². The van der Waals surface area contributed by atoms with Crippen molar-refractivity contribution in [1.82, 2.24) is 4.90 Å². The summed E-state index contributed by atoms with van der Waals surface area (Å²) in [5.41, 5.74) is 6.81. The number of rotatable bonds is 5. The standard InChI is InChI=1S/C16H22N2O/c1-12(11-18(2)3)19-16-7-6-14-8-13(10-17)4-5-15(14)9-16/h4-9,12H,10-11,17H2,1-3H3. The fourth-order valence-corrected chi connectivity index (χ4v) is 2.26. The van der Waals surface area contributed by atoms with Crippen molar-refractivity contribution in [2.75, 3.05) is 20.6 Å². The van der Waals surface area contributed by atoms with Crippen molar-refractivity contribution in [2.45, 2.75) is 19.6 Å². The van der Waals surface area contributed by atoms with Crippen molar-refractivity contribution in [3.8, 4) is 5.75 Å². The number of likely N-dealkylation sites (N-methyl/N-ethyl adjacent to an activating group) is 1. The normalized spacial score (nSPS) is 12.9. The summed E-state index contributed by atoms with van der Waals surface area (Å²) in [4.78, 5) is 2.12. The number of hydrogen-bond donors (Lipinski definition) is 1. The fourth-order valence-electron chi connectivity index (χ4n) is 2.26. The topological polar surface area (TPSA) is 38.5 Å². The molecule has 2 N–H and O–H groups in total. The van der Waals surface area contributed by atoms with Crippen LogP contribution in [0.5, 0.6) is 5.75 Å². The second kappa shape index (κ2) is 6.04. The highest BCUT2D eigenvalue weighted by molar-refractivity contribution is 5.84. The molecular weight excluding hydrogens is 236 g/mol. The van der Waals surface area contributed by atoms with Crippen LogP contribution in [0.15, 0.2) is 36.4 Å². The van der Waals surface area contributed by atoms with Crippen LogP contribution >= 0.6 is 0 Å². The van der Waals surface area contributed by atoms with Crippen LogP contribution in [0.2, 0.25) is 0 Å². The van der Waals surface area contributed by atoms with Crippen LogP contribution in [-0.2, 0) is 6.54 Å². The minimum atomic E-state index is 0.177. The zero-order chi connectivity index (χ0) is 13.8. The molecule has 2 aromatic rings. The van der Waals surface area contributed by atoms with E-state index in [1.54, 1.807) is 0 Å². The Bertz CT molecular complexity index is 551. The van der Waals surface area contributed by atoms with E-state index in [-0.39, 0.29) is 6.10 Å². The smallest absolute Gasteiger partial charge is 0.120 e. The second-order valence-electron chi connectivity index (χ2n) is 5.24. The molecule has 1 atom stereocenters. The van der Waals surface area contributed by atoms with Gasteiger partial charge in [0.25, 0.3) is 0 Å². The lowest BCUT2D eigenvalue weighted by molar-refractivity contribution is 0.177. The van der Waals surface area contributed by atoms with Crippen molar-refractivity contribution in [2.24, 2.45) is 5.73 Å². The Labute approximate surface area is 115 Å². The lowest BCUT2D eigenvalue weighted by atomic mass is 10.1. The lowest BCUT2D eigenvalue weighted by Crippen LogP contribution is -2.27. The maximum atomic E-state index is 5.92. The number of ether oxygens (including phenoxy) is 1. The molecule has 0 saturated heterocycles. The summed E-state index contributed by atoms with van der Waals surface area (Å²) < 4.78 is 5.92. The summed E-state index contributed by atoms with van der Waals surface area (Å²) >= 11 is 0. The number of nitrogens with two attached hydrogens (primary N) is 1. The summed E-state index contributed by atoms with van der Waals surface area (Å²) in [6.07, 6.45) is 0.177. The van der Waals surface area contributed by atoms with Gasteiger partial charge in [-0.1, -0.05) is 18.2 Å². The van der Waals surface area contributed by atoms with E-state index in [1.165, 1.54) is 10.8 Å². The predicted octanol–water partition coefficient (Wildman–Crippen LogP) is 2.63. The van der Waals surface area contributed by atoms with Gasteiger partial charge in [0.15, 0.2) is 0 Å². The van der Waals surface area contributed by atoms with Gasteiger partial charge in [-0.15, -0.1) is 0 Å². The third-order valence-corrected chi connectivity index (χ3v) is 3.07. The Morgan fingerprint density at radius 3 is 2.47 bits per heavy atom. The molecule has 3 nitrogen and oxygen atoms in total. The first kappa shape index (κ1) is 13.8. The van der Waals surface area contributed by atoms with Gasteiger partial charge in [-0.25, -0.2) is 0 Å². The molecule has 0 fully saturated rings. The van der Waals surface area contributed by atoms with Crippen LogP contribution in [-0.4, -0.2) is 31.6 Å². The van der Waals surface area contributed by atoms with Crippen molar-refractivity contribution in [3.63, 3.8) is 0 Å². The largest absolute Gasteiger partial charge is 0.489 e. The molecule has 102 valence electrons. The number of fused-ring (bicyclic) bond motifs is 1. The van der Waals surface area contributed by atoms with Gasteiger partial charge in [-0.05, 0) is 55.6 Å². The molecule has 2 rings (SSSR count). The molecule has 0 spiro atoms. The van der Waals surface area contributed by atoms with E-state index in [0.29, 0.717) is 6.54 Å². The Morgan fingerprint density at radius 2 is 1.79 bits per heavy atom. The molecule has 0 heterocycles. The van der Waals surface area contributed by atoms with Crippen LogP contribution in [0.1, 0.15) is 12.5 Å². The van der Waals surface area contributed by atoms with Gasteiger partial charge in [0.2, 0.25) is 0 Å². The maximum Gasteiger partial charge on any atom is 0.120 e. The molecule has 0 aromatic heterocycles. The van der Waals surface area contributed by atoms with Gasteiger partial charge in [0, 0.05) is 13.1 Å². The second-order valence-corrected chi connectivity index (χ2v) is 5.24. The van der Waals surface area contributed by atoms with E-state index < -0.39 is 0 Å². The Hall–Kier alpha value is -1.58. The first-order valence-electron chi connectivity index (χ1n) is 6.62. The molecule has 0 saturated carbocycles. The minimum absolute atomic E-state index is 0.177. The zero-order valence-electron chi connectivity index (χ0n) is 11.9. The molecule has 0 bridgehead atoms. The van der Waals surface area contributed by atoms with Crippen LogP contribution in [0.25, 0.3) is 10.8 Å². The van der Waals surface area contributed by atoms with Crippen molar-refractivity contribution < 1.29 is 4.74 Å². The van der Waals surface area contributed by atoms with Gasteiger partial charge in [0.05, 0.1) is 0 Å². The van der Waals surface area contributed by atoms with E-state index in [2.05, 4.69) is 56.3 Å². The van der Waals surface area contributed by atoms with Gasteiger partial charge >= 0.3 is 0 Å². The number of benzene rings is 2. The van der Waals surface area contributed by atoms with Crippen molar-refractivity contribution in [3.05, 3.63) is 42.0 Å². The summed E-state index contributed by atoms with van der Waals surface area (Å²) in [6, 6.07) is 12.5. The highest BCUT2D eigenvalue weighted by atomic mass is 16.5. The quantitative estimate of drug-likeness (QED) is 0.896. The summed E-state index contributed by atoms with van der Waals surface area (Å²) in [5, 5.41) is 2.39. The predicted molar refractivity (Wildman–Crippen MR) is 80.5 cm³/mol. The van der Waals surface area contributed by atoms with Gasteiger partial charge < -0.3 is 15.4 Å². The van der Waals surface area contributed by atoms with Gasteiger partial charge in [0.1, 0.15) is 11.9 Å².